The summed E-state index contributed by atoms with van der Waals surface area (Å²) in [5.41, 5.74) is 1.31. The highest BCUT2D eigenvalue weighted by Crippen LogP contribution is 2.28. The monoisotopic (exact) mass is 658 g/mol. The summed E-state index contributed by atoms with van der Waals surface area (Å²) < 4.78 is 27.2. The van der Waals surface area contributed by atoms with Crippen LogP contribution in [0.15, 0.2) is 116 Å². The molecule has 0 saturated heterocycles. The quantitative estimate of drug-likeness (QED) is 0.0535. The largest absolute Gasteiger partial charge is 0.494 e. The second-order valence-corrected chi connectivity index (χ2v) is 11.1. The number of carbonyl (C=O) groups is 4. The minimum absolute atomic E-state index is 0.311. The van der Waals surface area contributed by atoms with Crippen LogP contribution in [0.4, 0.5) is 0 Å². The fourth-order valence-corrected chi connectivity index (χ4v) is 5.00. The van der Waals surface area contributed by atoms with Crippen LogP contribution in [-0.2, 0) is 20.7 Å². The molecule has 0 aliphatic rings. The number of rotatable bonds is 13. The number of hydrogen-bond donors (Lipinski definition) is 0. The molecular weight excluding hydrogens is 624 g/mol. The Kier molecular flexibility index (Phi) is 10.9. The van der Waals surface area contributed by atoms with Crippen LogP contribution in [0.3, 0.4) is 0 Å². The molecule has 0 radical (unpaired) electrons. The van der Waals surface area contributed by atoms with Gasteiger partial charge < -0.3 is 23.7 Å². The van der Waals surface area contributed by atoms with E-state index in [-0.39, 0.29) is 11.9 Å². The lowest BCUT2D eigenvalue weighted by Crippen LogP contribution is -2.15. The van der Waals surface area contributed by atoms with Crippen LogP contribution >= 0.6 is 0 Å². The molecule has 5 aromatic carbocycles. The Morgan fingerprint density at radius 3 is 1.88 bits per heavy atom. The zero-order chi connectivity index (χ0) is 34.9. The van der Waals surface area contributed by atoms with Gasteiger partial charge in [0.15, 0.2) is 0 Å². The molecule has 0 aromatic heterocycles. The molecule has 5 aromatic rings. The maximum absolute atomic E-state index is 13.1. The summed E-state index contributed by atoms with van der Waals surface area (Å²) in [7, 11) is 0. The van der Waals surface area contributed by atoms with Crippen LogP contribution in [0.1, 0.15) is 46.5 Å². The average Bonchev–Trinajstić information content (AvgIpc) is 3.11. The molecular formula is C40H34O9. The standard InChI is InChI=1S/C40H34O9/c1-5-26-20-32(13-17-36(26)49-40(44)31-9-8-28-23-34(47-37(41)6-2)15-11-27(28)21-31)39(43)48-35-16-12-29-22-33(14-10-30(29)24-35)46-19-18-25(4)38(42)45-7-3/h6-17,20-25H,2-3,5,18-19H2,1,4H3. The van der Waals surface area contributed by atoms with Crippen molar-refractivity contribution in [2.45, 2.75) is 26.7 Å². The first-order valence-corrected chi connectivity index (χ1v) is 15.6. The maximum Gasteiger partial charge on any atom is 0.343 e. The molecule has 1 atom stereocenters. The Balaban J connectivity index is 1.21. The highest BCUT2D eigenvalue weighted by molar-refractivity contribution is 5.97. The van der Waals surface area contributed by atoms with E-state index in [1.807, 2.05) is 31.2 Å². The first-order valence-electron chi connectivity index (χ1n) is 15.6. The molecule has 0 heterocycles. The van der Waals surface area contributed by atoms with Crippen LogP contribution < -0.4 is 18.9 Å². The van der Waals surface area contributed by atoms with E-state index in [0.29, 0.717) is 59.1 Å². The molecule has 0 bridgehead atoms. The predicted molar refractivity (Wildman–Crippen MR) is 185 cm³/mol. The first-order chi connectivity index (χ1) is 23.7. The molecule has 0 aliphatic carbocycles. The van der Waals surface area contributed by atoms with E-state index < -0.39 is 17.9 Å². The Bertz CT molecular complexity index is 2080. The SMILES string of the molecule is C=COC(=O)C(C)CCOc1ccc2cc(OC(=O)c3ccc(OC(=O)c4ccc5cc(OC(=O)C=C)ccc5c4)c(CC)c3)ccc2c1. The second kappa shape index (κ2) is 15.6. The Hall–Kier alpha value is -6.22. The lowest BCUT2D eigenvalue weighted by atomic mass is 10.1. The third-order valence-electron chi connectivity index (χ3n) is 7.73. The Labute approximate surface area is 283 Å². The van der Waals surface area contributed by atoms with Crippen molar-refractivity contribution >= 4 is 45.4 Å². The molecule has 5 rings (SSSR count). The summed E-state index contributed by atoms with van der Waals surface area (Å²) in [4.78, 5) is 49.4. The van der Waals surface area contributed by atoms with E-state index in [0.717, 1.165) is 33.9 Å². The van der Waals surface area contributed by atoms with Crippen LogP contribution in [0, 0.1) is 5.92 Å². The van der Waals surface area contributed by atoms with E-state index in [4.69, 9.17) is 23.7 Å². The van der Waals surface area contributed by atoms with Gasteiger partial charge in [-0.3, -0.25) is 4.79 Å². The summed E-state index contributed by atoms with van der Waals surface area (Å²) >= 11 is 0. The van der Waals surface area contributed by atoms with Crippen molar-refractivity contribution in [2.75, 3.05) is 6.61 Å². The third-order valence-corrected chi connectivity index (χ3v) is 7.73. The van der Waals surface area contributed by atoms with E-state index >= 15 is 0 Å². The third kappa shape index (κ3) is 8.58. The van der Waals surface area contributed by atoms with Crippen molar-refractivity contribution in [3.8, 4) is 23.0 Å². The number of ether oxygens (including phenoxy) is 5. The molecule has 0 saturated carbocycles. The first kappa shape index (κ1) is 34.1. The van der Waals surface area contributed by atoms with Gasteiger partial charge in [0, 0.05) is 6.08 Å². The van der Waals surface area contributed by atoms with E-state index in [1.54, 1.807) is 73.7 Å². The summed E-state index contributed by atoms with van der Waals surface area (Å²) in [6, 6.07) is 25.8. The summed E-state index contributed by atoms with van der Waals surface area (Å²) in [5.74, 6) is -0.609. The van der Waals surface area contributed by atoms with Gasteiger partial charge in [0.2, 0.25) is 0 Å². The van der Waals surface area contributed by atoms with Gasteiger partial charge in [-0.05, 0) is 107 Å². The Morgan fingerprint density at radius 1 is 0.673 bits per heavy atom. The molecule has 9 nitrogen and oxygen atoms in total. The minimum Gasteiger partial charge on any atom is -0.494 e. The van der Waals surface area contributed by atoms with Gasteiger partial charge in [-0.25, -0.2) is 14.4 Å². The highest BCUT2D eigenvalue weighted by atomic mass is 16.5. The maximum atomic E-state index is 13.1. The van der Waals surface area contributed by atoms with Crippen molar-refractivity contribution < 1.29 is 42.9 Å². The van der Waals surface area contributed by atoms with Crippen LogP contribution in [-0.4, -0.2) is 30.5 Å². The smallest absolute Gasteiger partial charge is 0.343 e. The van der Waals surface area contributed by atoms with Crippen LogP contribution in [0.25, 0.3) is 21.5 Å². The highest BCUT2D eigenvalue weighted by Gasteiger charge is 2.17. The van der Waals surface area contributed by atoms with Gasteiger partial charge in [0.05, 0.1) is 29.9 Å². The van der Waals surface area contributed by atoms with Crippen molar-refractivity contribution in [3.05, 3.63) is 133 Å². The normalized spacial score (nSPS) is 11.3. The van der Waals surface area contributed by atoms with Crippen LogP contribution in [0.5, 0.6) is 23.0 Å². The molecule has 0 amide bonds. The van der Waals surface area contributed by atoms with Gasteiger partial charge in [-0.15, -0.1) is 0 Å². The minimum atomic E-state index is -0.560. The second-order valence-electron chi connectivity index (χ2n) is 11.1. The van der Waals surface area contributed by atoms with E-state index in [2.05, 4.69) is 13.2 Å². The summed E-state index contributed by atoms with van der Waals surface area (Å²) in [6.45, 7) is 10.8. The van der Waals surface area contributed by atoms with Crippen molar-refractivity contribution in [2.24, 2.45) is 5.92 Å². The van der Waals surface area contributed by atoms with E-state index in [1.165, 1.54) is 0 Å². The van der Waals surface area contributed by atoms with Crippen LogP contribution in [0.2, 0.25) is 0 Å². The molecule has 0 spiro atoms. The van der Waals surface area contributed by atoms with Gasteiger partial charge in [-0.1, -0.05) is 51.3 Å². The van der Waals surface area contributed by atoms with Crippen molar-refractivity contribution in [1.82, 2.24) is 0 Å². The summed E-state index contributed by atoms with van der Waals surface area (Å²) in [5, 5.41) is 3.28. The zero-order valence-corrected chi connectivity index (χ0v) is 27.1. The van der Waals surface area contributed by atoms with Crippen molar-refractivity contribution in [1.29, 1.82) is 0 Å². The predicted octanol–water partition coefficient (Wildman–Crippen LogP) is 8.18. The summed E-state index contributed by atoms with van der Waals surface area (Å²) in [6.07, 6.45) is 3.20. The number of fused-ring (bicyclic) bond motifs is 2. The zero-order valence-electron chi connectivity index (χ0n) is 27.1. The van der Waals surface area contributed by atoms with Gasteiger partial charge in [-0.2, -0.15) is 0 Å². The lowest BCUT2D eigenvalue weighted by Gasteiger charge is -2.12. The average molecular weight is 659 g/mol. The van der Waals surface area contributed by atoms with Gasteiger partial charge >= 0.3 is 23.9 Å². The molecule has 1 unspecified atom stereocenters. The number of carbonyl (C=O) groups excluding carboxylic acids is 4. The lowest BCUT2D eigenvalue weighted by molar-refractivity contribution is -0.142. The number of esters is 4. The molecule has 0 fully saturated rings. The molecule has 0 N–H and O–H groups in total. The van der Waals surface area contributed by atoms with Gasteiger partial charge in [0.1, 0.15) is 23.0 Å². The fourth-order valence-electron chi connectivity index (χ4n) is 5.00. The topological polar surface area (TPSA) is 114 Å². The van der Waals surface area contributed by atoms with Gasteiger partial charge in [0.25, 0.3) is 0 Å². The number of benzene rings is 5. The number of hydrogen-bond acceptors (Lipinski definition) is 9. The number of aryl methyl sites for hydroxylation is 1. The molecule has 9 heteroatoms. The Morgan fingerprint density at radius 2 is 1.22 bits per heavy atom. The molecule has 49 heavy (non-hydrogen) atoms. The van der Waals surface area contributed by atoms with E-state index in [9.17, 15) is 19.2 Å². The molecule has 0 aliphatic heterocycles. The van der Waals surface area contributed by atoms with Crippen molar-refractivity contribution in [3.63, 3.8) is 0 Å². The fraction of sp³-hybridized carbons (Fsp3) is 0.150. The molecule has 248 valence electrons.